The molecule has 0 amide bonds. The average Bonchev–Trinajstić information content (AvgIpc) is 2.52. The highest BCUT2D eigenvalue weighted by molar-refractivity contribution is 5.46. The lowest BCUT2D eigenvalue weighted by Gasteiger charge is -2.14. The molecule has 21 heavy (non-hydrogen) atoms. The summed E-state index contributed by atoms with van der Waals surface area (Å²) in [6.45, 7) is 4.08. The molecule has 2 rings (SSSR count). The molecule has 0 aliphatic rings. The smallest absolute Gasteiger partial charge is 0.170 e. The zero-order valence-electron chi connectivity index (χ0n) is 12.4. The van der Waals surface area contributed by atoms with E-state index in [1.807, 2.05) is 18.2 Å². The minimum atomic E-state index is -0.255. The number of hydrogen-bond acceptors (Lipinski definition) is 2. The van der Waals surface area contributed by atoms with Gasteiger partial charge in [-0.25, -0.2) is 4.39 Å². The molecule has 0 fully saturated rings. The molecule has 0 aliphatic carbocycles. The van der Waals surface area contributed by atoms with E-state index in [0.717, 1.165) is 18.7 Å². The Kier molecular flexibility index (Phi) is 5.58. The van der Waals surface area contributed by atoms with Gasteiger partial charge in [-0.2, -0.15) is 0 Å². The molecule has 2 N–H and O–H groups in total. The lowest BCUT2D eigenvalue weighted by molar-refractivity contribution is -0.667. The van der Waals surface area contributed by atoms with Crippen LogP contribution in [-0.2, 0) is 13.2 Å². The first kappa shape index (κ1) is 15.3. The molecular weight excluding hydrogens is 269 g/mol. The maximum absolute atomic E-state index is 13.7. The van der Waals surface area contributed by atoms with Gasteiger partial charge < -0.3 is 14.8 Å². The number of para-hydroxylation sites is 1. The van der Waals surface area contributed by atoms with E-state index in [4.69, 9.17) is 9.47 Å². The molecule has 0 unspecified atom stereocenters. The second-order valence-electron chi connectivity index (χ2n) is 4.73. The van der Waals surface area contributed by atoms with Gasteiger partial charge in [-0.3, -0.25) is 0 Å². The summed E-state index contributed by atoms with van der Waals surface area (Å²) in [6, 6.07) is 12.4. The van der Waals surface area contributed by atoms with Crippen LogP contribution in [0.4, 0.5) is 4.39 Å². The summed E-state index contributed by atoms with van der Waals surface area (Å²) in [5.41, 5.74) is 1.58. The largest absolute Gasteiger partial charge is 0.493 e. The Morgan fingerprint density at radius 2 is 1.81 bits per heavy atom. The molecule has 0 bridgehead atoms. The Morgan fingerprint density at radius 1 is 1.05 bits per heavy atom. The molecule has 112 valence electrons. The van der Waals surface area contributed by atoms with Gasteiger partial charge in [0.2, 0.25) is 0 Å². The number of quaternary nitrogens is 1. The number of benzene rings is 2. The van der Waals surface area contributed by atoms with Crippen LogP contribution in [0.5, 0.6) is 11.5 Å². The molecule has 0 saturated heterocycles. The van der Waals surface area contributed by atoms with Crippen LogP contribution in [-0.4, -0.2) is 13.7 Å². The van der Waals surface area contributed by atoms with Crippen LogP contribution in [0.2, 0.25) is 0 Å². The zero-order valence-corrected chi connectivity index (χ0v) is 12.4. The van der Waals surface area contributed by atoms with Crippen molar-refractivity contribution in [1.29, 1.82) is 0 Å². The molecule has 0 atom stereocenters. The van der Waals surface area contributed by atoms with Crippen molar-refractivity contribution in [3.8, 4) is 11.5 Å². The average molecular weight is 290 g/mol. The molecule has 0 spiro atoms. The summed E-state index contributed by atoms with van der Waals surface area (Å²) >= 11 is 0. The number of ether oxygens (including phenoxy) is 2. The summed E-state index contributed by atoms with van der Waals surface area (Å²) in [4.78, 5) is 0. The number of methoxy groups -OCH3 is 1. The van der Waals surface area contributed by atoms with Crippen LogP contribution < -0.4 is 14.8 Å². The van der Waals surface area contributed by atoms with Gasteiger partial charge in [-0.15, -0.1) is 0 Å². The predicted molar refractivity (Wildman–Crippen MR) is 79.9 cm³/mol. The van der Waals surface area contributed by atoms with E-state index in [0.29, 0.717) is 17.1 Å². The molecule has 0 aliphatic heterocycles. The maximum Gasteiger partial charge on any atom is 0.170 e. The maximum atomic E-state index is 13.7. The van der Waals surface area contributed by atoms with Crippen LogP contribution in [0.3, 0.4) is 0 Å². The SMILES string of the molecule is CC[NH2+]Cc1cccc(OC)c1OCc1ccccc1F. The third-order valence-corrected chi connectivity index (χ3v) is 3.26. The lowest BCUT2D eigenvalue weighted by Crippen LogP contribution is -2.81. The summed E-state index contributed by atoms with van der Waals surface area (Å²) in [7, 11) is 1.61. The molecule has 0 radical (unpaired) electrons. The molecular formula is C17H21FNO2+. The van der Waals surface area contributed by atoms with Crippen LogP contribution in [0.15, 0.2) is 42.5 Å². The zero-order chi connectivity index (χ0) is 15.1. The van der Waals surface area contributed by atoms with Gasteiger partial charge in [0, 0.05) is 5.56 Å². The monoisotopic (exact) mass is 290 g/mol. The molecule has 4 heteroatoms. The second kappa shape index (κ2) is 7.64. The van der Waals surface area contributed by atoms with Crippen LogP contribution in [0.25, 0.3) is 0 Å². The van der Waals surface area contributed by atoms with Crippen molar-refractivity contribution in [1.82, 2.24) is 0 Å². The van der Waals surface area contributed by atoms with Gasteiger partial charge in [0.05, 0.1) is 19.2 Å². The van der Waals surface area contributed by atoms with Crippen molar-refractivity contribution >= 4 is 0 Å². The highest BCUT2D eigenvalue weighted by Gasteiger charge is 2.12. The van der Waals surface area contributed by atoms with E-state index >= 15 is 0 Å². The fourth-order valence-corrected chi connectivity index (χ4v) is 2.11. The van der Waals surface area contributed by atoms with Crippen LogP contribution in [0, 0.1) is 5.82 Å². The first-order valence-electron chi connectivity index (χ1n) is 7.10. The van der Waals surface area contributed by atoms with Crippen molar-refractivity contribution in [3.63, 3.8) is 0 Å². The standard InChI is InChI=1S/C17H20FNO2/c1-3-19-11-13-8-6-10-16(20-2)17(13)21-12-14-7-4-5-9-15(14)18/h4-10,19H,3,11-12H2,1-2H3/p+1. The van der Waals surface area contributed by atoms with Crippen molar-refractivity contribution in [3.05, 3.63) is 59.4 Å². The van der Waals surface area contributed by atoms with E-state index in [9.17, 15) is 4.39 Å². The normalized spacial score (nSPS) is 10.4. The fraction of sp³-hybridized carbons (Fsp3) is 0.294. The van der Waals surface area contributed by atoms with Gasteiger partial charge >= 0.3 is 0 Å². The Balaban J connectivity index is 2.19. The number of rotatable bonds is 7. The highest BCUT2D eigenvalue weighted by atomic mass is 19.1. The van der Waals surface area contributed by atoms with Gasteiger partial charge in [0.25, 0.3) is 0 Å². The Bertz CT molecular complexity index is 587. The Labute approximate surface area is 124 Å². The molecule has 0 aromatic heterocycles. The third-order valence-electron chi connectivity index (χ3n) is 3.26. The first-order valence-corrected chi connectivity index (χ1v) is 7.10. The quantitative estimate of drug-likeness (QED) is 0.850. The van der Waals surface area contributed by atoms with E-state index in [2.05, 4.69) is 12.2 Å². The molecule has 0 heterocycles. The number of halogens is 1. The van der Waals surface area contributed by atoms with E-state index < -0.39 is 0 Å². The lowest BCUT2D eigenvalue weighted by atomic mass is 10.1. The van der Waals surface area contributed by atoms with Crippen LogP contribution >= 0.6 is 0 Å². The third kappa shape index (κ3) is 3.95. The molecule has 0 saturated carbocycles. The van der Waals surface area contributed by atoms with E-state index in [-0.39, 0.29) is 12.4 Å². The molecule has 2 aromatic rings. The van der Waals surface area contributed by atoms with Crippen LogP contribution in [0.1, 0.15) is 18.1 Å². The molecule has 2 aromatic carbocycles. The van der Waals surface area contributed by atoms with Gasteiger partial charge in [0.15, 0.2) is 11.5 Å². The summed E-state index contributed by atoms with van der Waals surface area (Å²) in [5, 5.41) is 2.17. The van der Waals surface area contributed by atoms with Crippen molar-refractivity contribution < 1.29 is 19.2 Å². The van der Waals surface area contributed by atoms with Crippen molar-refractivity contribution in [2.24, 2.45) is 0 Å². The second-order valence-corrected chi connectivity index (χ2v) is 4.73. The Morgan fingerprint density at radius 3 is 2.52 bits per heavy atom. The predicted octanol–water partition coefficient (Wildman–Crippen LogP) is 2.50. The topological polar surface area (TPSA) is 35.1 Å². The minimum absolute atomic E-state index is 0.187. The van der Waals surface area contributed by atoms with Crippen molar-refractivity contribution in [2.75, 3.05) is 13.7 Å². The van der Waals surface area contributed by atoms with Gasteiger partial charge in [-0.05, 0) is 25.1 Å². The highest BCUT2D eigenvalue weighted by Crippen LogP contribution is 2.31. The summed E-state index contributed by atoms with van der Waals surface area (Å²) in [5.74, 6) is 1.11. The minimum Gasteiger partial charge on any atom is -0.493 e. The van der Waals surface area contributed by atoms with Gasteiger partial charge in [0.1, 0.15) is 19.0 Å². The number of nitrogens with two attached hydrogens (primary N) is 1. The fourth-order valence-electron chi connectivity index (χ4n) is 2.11. The van der Waals surface area contributed by atoms with E-state index in [1.54, 1.807) is 25.3 Å². The molecule has 3 nitrogen and oxygen atoms in total. The van der Waals surface area contributed by atoms with E-state index in [1.165, 1.54) is 6.07 Å². The van der Waals surface area contributed by atoms with Gasteiger partial charge in [-0.1, -0.05) is 24.3 Å². The van der Waals surface area contributed by atoms with Crippen molar-refractivity contribution in [2.45, 2.75) is 20.1 Å². The summed E-state index contributed by atoms with van der Waals surface area (Å²) in [6.07, 6.45) is 0. The summed E-state index contributed by atoms with van der Waals surface area (Å²) < 4.78 is 24.9. The first-order chi connectivity index (χ1) is 10.3. The Hall–Kier alpha value is -2.07. The number of hydrogen-bond donors (Lipinski definition) is 1.